The fourth-order valence-electron chi connectivity index (χ4n) is 4.25. The van der Waals surface area contributed by atoms with E-state index in [9.17, 15) is 9.90 Å². The number of amides is 1. The first kappa shape index (κ1) is 24.5. The summed E-state index contributed by atoms with van der Waals surface area (Å²) in [5, 5.41) is 12.9. The van der Waals surface area contributed by atoms with E-state index in [-0.39, 0.29) is 12.5 Å². The molecule has 0 aliphatic carbocycles. The Bertz CT molecular complexity index is 974. The van der Waals surface area contributed by atoms with Gasteiger partial charge in [-0.05, 0) is 44.9 Å². The standard InChI is InChI=1S/C25H34N4O5/c1-17-22(12-18-6-9-33-15-18)27-24(28-23(17)25(31)29-7-10-32-11-8-29)19-4-3-5-21(13-19)34-16-20(30)14-26-2/h3-5,13,18,20,26,30H,6-12,14-16H2,1-2H3/t18-,20?/m0/s1. The maximum absolute atomic E-state index is 13.4. The number of hydrogen-bond donors (Lipinski definition) is 2. The zero-order chi connectivity index (χ0) is 23.9. The van der Waals surface area contributed by atoms with Gasteiger partial charge in [0.2, 0.25) is 0 Å². The highest BCUT2D eigenvalue weighted by atomic mass is 16.5. The first-order valence-electron chi connectivity index (χ1n) is 11.9. The van der Waals surface area contributed by atoms with Crippen LogP contribution in [0.25, 0.3) is 11.4 Å². The average Bonchev–Trinajstić information content (AvgIpc) is 3.38. The van der Waals surface area contributed by atoms with Crippen molar-refractivity contribution < 1.29 is 24.1 Å². The number of aliphatic hydroxyl groups is 1. The first-order chi connectivity index (χ1) is 16.5. The highest BCUT2D eigenvalue weighted by Gasteiger charge is 2.26. The van der Waals surface area contributed by atoms with Gasteiger partial charge in [-0.3, -0.25) is 4.79 Å². The van der Waals surface area contributed by atoms with Crippen molar-refractivity contribution in [3.05, 3.63) is 41.2 Å². The molecular weight excluding hydrogens is 436 g/mol. The molecule has 9 nitrogen and oxygen atoms in total. The maximum Gasteiger partial charge on any atom is 0.273 e. The lowest BCUT2D eigenvalue weighted by molar-refractivity contribution is 0.0298. The fourth-order valence-corrected chi connectivity index (χ4v) is 4.25. The molecule has 2 saturated heterocycles. The van der Waals surface area contributed by atoms with Crippen LogP contribution in [0.15, 0.2) is 24.3 Å². The molecule has 3 heterocycles. The molecule has 2 aliphatic rings. The van der Waals surface area contributed by atoms with Gasteiger partial charge in [-0.25, -0.2) is 9.97 Å². The third-order valence-corrected chi connectivity index (χ3v) is 6.23. The van der Waals surface area contributed by atoms with Crippen LogP contribution in [0.2, 0.25) is 0 Å². The molecule has 2 aromatic rings. The van der Waals surface area contributed by atoms with Crippen molar-refractivity contribution in [1.29, 1.82) is 0 Å². The van der Waals surface area contributed by atoms with Gasteiger partial charge in [-0.1, -0.05) is 12.1 Å². The third-order valence-electron chi connectivity index (χ3n) is 6.23. The summed E-state index contributed by atoms with van der Waals surface area (Å²) < 4.78 is 16.7. The van der Waals surface area contributed by atoms with Crippen molar-refractivity contribution >= 4 is 5.91 Å². The Balaban J connectivity index is 1.64. The lowest BCUT2D eigenvalue weighted by atomic mass is 9.98. The summed E-state index contributed by atoms with van der Waals surface area (Å²) in [4.78, 5) is 24.8. The smallest absolute Gasteiger partial charge is 0.273 e. The van der Waals surface area contributed by atoms with Gasteiger partial charge < -0.3 is 29.5 Å². The molecule has 0 bridgehead atoms. The summed E-state index contributed by atoms with van der Waals surface area (Å²) >= 11 is 0. The highest BCUT2D eigenvalue weighted by molar-refractivity contribution is 5.94. The van der Waals surface area contributed by atoms with E-state index in [1.54, 1.807) is 11.9 Å². The number of morpholine rings is 1. The zero-order valence-corrected chi connectivity index (χ0v) is 20.0. The first-order valence-corrected chi connectivity index (χ1v) is 11.9. The summed E-state index contributed by atoms with van der Waals surface area (Å²) in [6, 6.07) is 7.46. The lowest BCUT2D eigenvalue weighted by Gasteiger charge is -2.27. The summed E-state index contributed by atoms with van der Waals surface area (Å²) in [5.41, 5.74) is 2.92. The van der Waals surface area contributed by atoms with Gasteiger partial charge in [0, 0.05) is 49.7 Å². The topological polar surface area (TPSA) is 106 Å². The molecule has 0 spiro atoms. The van der Waals surface area contributed by atoms with E-state index in [0.717, 1.165) is 36.3 Å². The molecule has 4 rings (SSSR count). The second-order valence-electron chi connectivity index (χ2n) is 8.86. The summed E-state index contributed by atoms with van der Waals surface area (Å²) in [5.74, 6) is 1.41. The van der Waals surface area contributed by atoms with Crippen LogP contribution < -0.4 is 10.1 Å². The predicted octanol–water partition coefficient (Wildman–Crippen LogP) is 1.46. The number of aliphatic hydroxyl groups excluding tert-OH is 1. The van der Waals surface area contributed by atoms with Crippen LogP contribution in [0.5, 0.6) is 5.75 Å². The van der Waals surface area contributed by atoms with Gasteiger partial charge in [0.25, 0.3) is 5.91 Å². The van der Waals surface area contributed by atoms with Crippen LogP contribution in [0.4, 0.5) is 0 Å². The van der Waals surface area contributed by atoms with Crippen molar-refractivity contribution in [1.82, 2.24) is 20.2 Å². The van der Waals surface area contributed by atoms with Gasteiger partial charge in [-0.15, -0.1) is 0 Å². The third kappa shape index (κ3) is 6.09. The molecule has 2 fully saturated rings. The maximum atomic E-state index is 13.4. The summed E-state index contributed by atoms with van der Waals surface area (Å²) in [6.45, 7) is 6.22. The van der Waals surface area contributed by atoms with Gasteiger partial charge in [0.15, 0.2) is 5.82 Å². The van der Waals surface area contributed by atoms with Gasteiger partial charge >= 0.3 is 0 Å². The molecule has 0 radical (unpaired) electrons. The minimum absolute atomic E-state index is 0.0871. The SMILES string of the molecule is CNCC(O)COc1cccc(-c2nc(C[C@@H]3CCOC3)c(C)c(C(=O)N3CCOCC3)n2)c1. The molecule has 1 unspecified atom stereocenters. The van der Waals surface area contributed by atoms with Gasteiger partial charge in [0.05, 0.1) is 13.2 Å². The highest BCUT2D eigenvalue weighted by Crippen LogP contribution is 2.27. The molecule has 2 atom stereocenters. The van der Waals surface area contributed by atoms with E-state index in [4.69, 9.17) is 24.2 Å². The number of likely N-dealkylation sites (N-methyl/N-ethyl adjacent to an activating group) is 1. The molecule has 1 aromatic carbocycles. The van der Waals surface area contributed by atoms with Crippen LogP contribution >= 0.6 is 0 Å². The number of rotatable bonds is 9. The van der Waals surface area contributed by atoms with E-state index in [0.29, 0.717) is 62.6 Å². The van der Waals surface area contributed by atoms with Crippen LogP contribution in [0, 0.1) is 12.8 Å². The number of nitrogens with zero attached hydrogens (tertiary/aromatic N) is 3. The van der Waals surface area contributed by atoms with E-state index < -0.39 is 6.10 Å². The van der Waals surface area contributed by atoms with E-state index in [1.165, 1.54) is 0 Å². The van der Waals surface area contributed by atoms with E-state index in [1.807, 2.05) is 31.2 Å². The number of nitrogens with one attached hydrogen (secondary N) is 1. The molecule has 34 heavy (non-hydrogen) atoms. The Morgan fingerprint density at radius 3 is 2.82 bits per heavy atom. The predicted molar refractivity (Wildman–Crippen MR) is 127 cm³/mol. The molecule has 2 N–H and O–H groups in total. The number of carbonyl (C=O) groups excluding carboxylic acids is 1. The van der Waals surface area contributed by atoms with Crippen molar-refractivity contribution in [3.63, 3.8) is 0 Å². The largest absolute Gasteiger partial charge is 0.491 e. The number of aromatic nitrogens is 2. The molecule has 9 heteroatoms. The number of ether oxygens (including phenoxy) is 3. The monoisotopic (exact) mass is 470 g/mol. The molecule has 1 amide bonds. The summed E-state index contributed by atoms with van der Waals surface area (Å²) in [6.07, 6.45) is 1.13. The molecule has 2 aliphatic heterocycles. The van der Waals surface area contributed by atoms with Gasteiger partial charge in [-0.2, -0.15) is 0 Å². The number of carbonyl (C=O) groups is 1. The minimum atomic E-state index is -0.609. The quantitative estimate of drug-likeness (QED) is 0.568. The molecule has 0 saturated carbocycles. The Kier molecular flexibility index (Phi) is 8.44. The number of hydrogen-bond acceptors (Lipinski definition) is 8. The van der Waals surface area contributed by atoms with Crippen molar-refractivity contribution in [3.8, 4) is 17.1 Å². The Labute approximate surface area is 200 Å². The van der Waals surface area contributed by atoms with Crippen LogP contribution in [0.3, 0.4) is 0 Å². The second kappa shape index (κ2) is 11.7. The van der Waals surface area contributed by atoms with E-state index in [2.05, 4.69) is 5.32 Å². The Morgan fingerprint density at radius 1 is 1.26 bits per heavy atom. The number of benzene rings is 1. The molecule has 184 valence electrons. The zero-order valence-electron chi connectivity index (χ0n) is 20.0. The Hall–Kier alpha value is -2.59. The Morgan fingerprint density at radius 2 is 2.09 bits per heavy atom. The fraction of sp³-hybridized carbons (Fsp3) is 0.560. The lowest BCUT2D eigenvalue weighted by Crippen LogP contribution is -2.41. The summed E-state index contributed by atoms with van der Waals surface area (Å²) in [7, 11) is 1.78. The normalized spacial score (nSPS) is 19.3. The van der Waals surface area contributed by atoms with Crippen molar-refractivity contribution in [2.75, 3.05) is 59.7 Å². The molecule has 1 aromatic heterocycles. The van der Waals surface area contributed by atoms with Crippen molar-refractivity contribution in [2.24, 2.45) is 5.92 Å². The average molecular weight is 471 g/mol. The van der Waals surface area contributed by atoms with Crippen LogP contribution in [-0.2, 0) is 15.9 Å². The minimum Gasteiger partial charge on any atom is -0.491 e. The molecular formula is C25H34N4O5. The van der Waals surface area contributed by atoms with Crippen LogP contribution in [0.1, 0.15) is 28.2 Å². The van der Waals surface area contributed by atoms with Gasteiger partial charge in [0.1, 0.15) is 24.2 Å². The van der Waals surface area contributed by atoms with Crippen LogP contribution in [-0.4, -0.2) is 91.7 Å². The van der Waals surface area contributed by atoms with E-state index >= 15 is 0 Å². The second-order valence-corrected chi connectivity index (χ2v) is 8.86. The van der Waals surface area contributed by atoms with Crippen molar-refractivity contribution in [2.45, 2.75) is 25.9 Å².